The zero-order valence-electron chi connectivity index (χ0n) is 14.1. The van der Waals surface area contributed by atoms with Crippen molar-refractivity contribution in [1.82, 2.24) is 4.98 Å². The number of aromatic nitrogens is 1. The van der Waals surface area contributed by atoms with E-state index in [1.54, 1.807) is 23.1 Å². The highest BCUT2D eigenvalue weighted by Gasteiger charge is 2.12. The van der Waals surface area contributed by atoms with Crippen molar-refractivity contribution >= 4 is 44.9 Å². The van der Waals surface area contributed by atoms with Crippen LogP contribution in [0.4, 0.5) is 5.69 Å². The molecule has 3 aromatic rings. The maximum absolute atomic E-state index is 12.2. The third-order valence-electron chi connectivity index (χ3n) is 3.86. The number of nitrogens with zero attached hydrogens (tertiary/aromatic N) is 1. The van der Waals surface area contributed by atoms with Crippen LogP contribution in [0.25, 0.3) is 10.2 Å². The highest BCUT2D eigenvalue weighted by atomic mass is 32.2. The minimum Gasteiger partial charge on any atom is -0.490 e. The minimum atomic E-state index is -0.0203. The topological polar surface area (TPSA) is 60.5 Å². The van der Waals surface area contributed by atoms with Gasteiger partial charge in [0.15, 0.2) is 15.8 Å². The van der Waals surface area contributed by atoms with Crippen LogP contribution in [-0.2, 0) is 4.79 Å². The summed E-state index contributed by atoms with van der Waals surface area (Å²) in [7, 11) is 0. The highest BCUT2D eigenvalue weighted by Crippen LogP contribution is 2.32. The summed E-state index contributed by atoms with van der Waals surface area (Å²) in [4.78, 5) is 16.8. The van der Waals surface area contributed by atoms with E-state index < -0.39 is 0 Å². The number of thioether (sulfide) groups is 1. The van der Waals surface area contributed by atoms with Crippen molar-refractivity contribution in [3.8, 4) is 11.5 Å². The van der Waals surface area contributed by atoms with Crippen LogP contribution in [-0.4, -0.2) is 29.9 Å². The van der Waals surface area contributed by atoms with Gasteiger partial charge >= 0.3 is 0 Å². The maximum Gasteiger partial charge on any atom is 0.225 e. The molecule has 0 atom stereocenters. The van der Waals surface area contributed by atoms with Gasteiger partial charge in [0, 0.05) is 30.3 Å². The molecule has 0 radical (unpaired) electrons. The lowest BCUT2D eigenvalue weighted by molar-refractivity contribution is -0.115. The van der Waals surface area contributed by atoms with Crippen molar-refractivity contribution in [3.05, 3.63) is 42.5 Å². The normalized spacial score (nSPS) is 13.4. The SMILES string of the molecule is O=C(CCSc1nc2ccccc2s1)Nc1ccc2c(c1)OCCCO2. The fourth-order valence-electron chi connectivity index (χ4n) is 2.61. The second-order valence-electron chi connectivity index (χ2n) is 5.81. The average Bonchev–Trinajstić information content (AvgIpc) is 2.91. The van der Waals surface area contributed by atoms with E-state index in [0.29, 0.717) is 31.1 Å². The monoisotopic (exact) mass is 386 g/mol. The molecule has 2 aromatic carbocycles. The lowest BCUT2D eigenvalue weighted by atomic mass is 10.2. The highest BCUT2D eigenvalue weighted by molar-refractivity contribution is 8.01. The van der Waals surface area contributed by atoms with Gasteiger partial charge in [-0.1, -0.05) is 23.9 Å². The first-order valence-corrected chi connectivity index (χ1v) is 10.3. The van der Waals surface area contributed by atoms with Gasteiger partial charge in [0.05, 0.1) is 23.4 Å². The van der Waals surface area contributed by atoms with Crippen molar-refractivity contribution in [2.24, 2.45) is 0 Å². The molecule has 7 heteroatoms. The number of rotatable bonds is 5. The molecular weight excluding hydrogens is 368 g/mol. The molecule has 5 nitrogen and oxygen atoms in total. The van der Waals surface area contributed by atoms with Gasteiger partial charge in [0.1, 0.15) is 0 Å². The van der Waals surface area contributed by atoms with Crippen LogP contribution in [0.1, 0.15) is 12.8 Å². The first-order valence-electron chi connectivity index (χ1n) is 8.46. The summed E-state index contributed by atoms with van der Waals surface area (Å²) < 4.78 is 13.4. The number of carbonyl (C=O) groups excluding carboxylic acids is 1. The molecule has 0 unspecified atom stereocenters. The van der Waals surface area contributed by atoms with E-state index >= 15 is 0 Å². The van der Waals surface area contributed by atoms with Crippen LogP contribution in [0.3, 0.4) is 0 Å². The summed E-state index contributed by atoms with van der Waals surface area (Å²) in [5, 5.41) is 2.92. The Bertz CT molecular complexity index is 893. The van der Waals surface area contributed by atoms with E-state index in [-0.39, 0.29) is 5.91 Å². The summed E-state index contributed by atoms with van der Waals surface area (Å²) in [5.41, 5.74) is 1.74. The van der Waals surface area contributed by atoms with Crippen LogP contribution in [0, 0.1) is 0 Å². The number of carbonyl (C=O) groups is 1. The number of hydrogen-bond donors (Lipinski definition) is 1. The number of amides is 1. The van der Waals surface area contributed by atoms with E-state index in [9.17, 15) is 4.79 Å². The first kappa shape index (κ1) is 17.2. The number of hydrogen-bond acceptors (Lipinski definition) is 6. The second kappa shape index (κ2) is 7.97. The standard InChI is InChI=1S/C19H18N2O3S2/c22-18(8-11-25-19-21-14-4-1-2-5-17(14)26-19)20-13-6-7-15-16(12-13)24-10-3-9-23-15/h1-2,4-7,12H,3,8-11H2,(H,20,22). The Morgan fingerprint density at radius 3 is 2.88 bits per heavy atom. The van der Waals surface area contributed by atoms with Gasteiger partial charge in [-0.25, -0.2) is 4.98 Å². The molecule has 26 heavy (non-hydrogen) atoms. The van der Waals surface area contributed by atoms with Crippen LogP contribution in [0.2, 0.25) is 0 Å². The second-order valence-corrected chi connectivity index (χ2v) is 8.18. The molecule has 1 N–H and O–H groups in total. The van der Waals surface area contributed by atoms with Crippen molar-refractivity contribution in [2.45, 2.75) is 17.2 Å². The molecule has 1 amide bonds. The fraction of sp³-hybridized carbons (Fsp3) is 0.263. The third-order valence-corrected chi connectivity index (χ3v) is 6.04. The summed E-state index contributed by atoms with van der Waals surface area (Å²) in [5.74, 6) is 2.08. The van der Waals surface area contributed by atoms with Crippen molar-refractivity contribution < 1.29 is 14.3 Å². The predicted octanol–water partition coefficient (Wildman–Crippen LogP) is 4.58. The number of anilines is 1. The van der Waals surface area contributed by atoms with E-state index in [4.69, 9.17) is 9.47 Å². The summed E-state index contributed by atoms with van der Waals surface area (Å²) in [6, 6.07) is 13.6. The van der Waals surface area contributed by atoms with E-state index in [1.165, 1.54) is 4.70 Å². The van der Waals surface area contributed by atoms with E-state index in [2.05, 4.69) is 16.4 Å². The number of ether oxygens (including phenoxy) is 2. The Morgan fingerprint density at radius 1 is 1.15 bits per heavy atom. The molecule has 2 heterocycles. The Balaban J connectivity index is 1.30. The quantitative estimate of drug-likeness (QED) is 0.651. The van der Waals surface area contributed by atoms with Gasteiger partial charge in [0.25, 0.3) is 0 Å². The summed E-state index contributed by atoms with van der Waals surface area (Å²) in [6.45, 7) is 1.28. The number of thiazole rings is 1. The lowest BCUT2D eigenvalue weighted by Crippen LogP contribution is -2.12. The number of para-hydroxylation sites is 1. The predicted molar refractivity (Wildman–Crippen MR) is 106 cm³/mol. The largest absolute Gasteiger partial charge is 0.490 e. The summed E-state index contributed by atoms with van der Waals surface area (Å²) in [6.07, 6.45) is 1.29. The summed E-state index contributed by atoms with van der Waals surface area (Å²) >= 11 is 3.27. The van der Waals surface area contributed by atoms with Gasteiger partial charge in [0.2, 0.25) is 5.91 Å². The van der Waals surface area contributed by atoms with Gasteiger partial charge in [-0.05, 0) is 24.3 Å². The Labute approximate surface area is 159 Å². The molecular formula is C19H18N2O3S2. The number of benzene rings is 2. The van der Waals surface area contributed by atoms with Crippen LogP contribution >= 0.6 is 23.1 Å². The van der Waals surface area contributed by atoms with Crippen LogP contribution < -0.4 is 14.8 Å². The van der Waals surface area contributed by atoms with Gasteiger partial charge in [-0.2, -0.15) is 0 Å². The molecule has 134 valence electrons. The average molecular weight is 386 g/mol. The Kier molecular flexibility index (Phi) is 5.26. The molecule has 1 aromatic heterocycles. The molecule has 0 aliphatic carbocycles. The maximum atomic E-state index is 12.2. The van der Waals surface area contributed by atoms with Gasteiger partial charge < -0.3 is 14.8 Å². The van der Waals surface area contributed by atoms with E-state index in [1.807, 2.05) is 36.4 Å². The zero-order valence-corrected chi connectivity index (χ0v) is 15.7. The molecule has 1 aliphatic heterocycles. The lowest BCUT2D eigenvalue weighted by Gasteiger charge is -2.10. The zero-order chi connectivity index (χ0) is 17.8. The number of fused-ring (bicyclic) bond motifs is 2. The molecule has 1 aliphatic rings. The molecule has 0 saturated carbocycles. The Hall–Kier alpha value is -2.25. The molecule has 4 rings (SSSR count). The van der Waals surface area contributed by atoms with Crippen LogP contribution in [0.15, 0.2) is 46.8 Å². The van der Waals surface area contributed by atoms with Crippen molar-refractivity contribution in [2.75, 3.05) is 24.3 Å². The Morgan fingerprint density at radius 2 is 2.00 bits per heavy atom. The minimum absolute atomic E-state index is 0.0203. The molecule has 0 bridgehead atoms. The van der Waals surface area contributed by atoms with Gasteiger partial charge in [-0.15, -0.1) is 11.3 Å². The van der Waals surface area contributed by atoms with Crippen LogP contribution in [0.5, 0.6) is 11.5 Å². The fourth-order valence-corrected chi connectivity index (χ4v) is 4.69. The van der Waals surface area contributed by atoms with Crippen molar-refractivity contribution in [1.29, 1.82) is 0 Å². The molecule has 0 fully saturated rings. The smallest absolute Gasteiger partial charge is 0.225 e. The first-order chi connectivity index (χ1) is 12.8. The van der Waals surface area contributed by atoms with E-state index in [0.717, 1.165) is 27.7 Å². The number of nitrogens with one attached hydrogen (secondary N) is 1. The third kappa shape index (κ3) is 4.11. The van der Waals surface area contributed by atoms with Gasteiger partial charge in [-0.3, -0.25) is 4.79 Å². The van der Waals surface area contributed by atoms with Crippen molar-refractivity contribution in [3.63, 3.8) is 0 Å². The molecule has 0 saturated heterocycles. The molecule has 0 spiro atoms.